The predicted octanol–water partition coefficient (Wildman–Crippen LogP) is 3.87. The minimum Gasteiger partial charge on any atom is -0.370 e. The SMILES string of the molecule is COC1(C(=O)c2ccccc2Cl)CCCCC1. The van der Waals surface area contributed by atoms with E-state index in [9.17, 15) is 4.79 Å². The number of hydrogen-bond acceptors (Lipinski definition) is 2. The first kappa shape index (κ1) is 12.6. The van der Waals surface area contributed by atoms with Crippen molar-refractivity contribution in [1.29, 1.82) is 0 Å². The van der Waals surface area contributed by atoms with Gasteiger partial charge in [-0.1, -0.05) is 43.0 Å². The Morgan fingerprint density at radius 2 is 1.88 bits per heavy atom. The van der Waals surface area contributed by atoms with Gasteiger partial charge >= 0.3 is 0 Å². The minimum absolute atomic E-state index is 0.0327. The van der Waals surface area contributed by atoms with Crippen LogP contribution in [0.3, 0.4) is 0 Å². The zero-order chi connectivity index (χ0) is 12.3. The summed E-state index contributed by atoms with van der Waals surface area (Å²) in [5.74, 6) is 0.0327. The van der Waals surface area contributed by atoms with Crippen molar-refractivity contribution >= 4 is 17.4 Å². The molecule has 0 N–H and O–H groups in total. The lowest BCUT2D eigenvalue weighted by atomic mass is 9.79. The quantitative estimate of drug-likeness (QED) is 0.764. The number of carbonyl (C=O) groups is 1. The molecule has 0 bridgehead atoms. The van der Waals surface area contributed by atoms with Crippen LogP contribution in [0.15, 0.2) is 24.3 Å². The molecule has 17 heavy (non-hydrogen) atoms. The van der Waals surface area contributed by atoms with Crippen LogP contribution in [-0.2, 0) is 4.74 Å². The summed E-state index contributed by atoms with van der Waals surface area (Å²) in [5.41, 5.74) is -0.0682. The Labute approximate surface area is 107 Å². The number of methoxy groups -OCH3 is 1. The number of benzene rings is 1. The molecule has 2 rings (SSSR count). The molecule has 1 aromatic rings. The van der Waals surface area contributed by atoms with Crippen molar-refractivity contribution in [3.63, 3.8) is 0 Å². The van der Waals surface area contributed by atoms with E-state index in [1.807, 2.05) is 12.1 Å². The number of ketones is 1. The second-order valence-electron chi connectivity index (χ2n) is 4.57. The Kier molecular flexibility index (Phi) is 3.85. The lowest BCUT2D eigenvalue weighted by Gasteiger charge is -2.34. The Balaban J connectivity index is 2.32. The molecular formula is C14H17ClO2. The molecule has 0 aromatic heterocycles. The van der Waals surface area contributed by atoms with Gasteiger partial charge in [0.15, 0.2) is 5.78 Å². The molecule has 0 atom stereocenters. The highest BCUT2D eigenvalue weighted by Gasteiger charge is 2.40. The molecule has 0 heterocycles. The van der Waals surface area contributed by atoms with Crippen molar-refractivity contribution in [3.05, 3.63) is 34.9 Å². The fourth-order valence-corrected chi connectivity index (χ4v) is 2.76. The summed E-state index contributed by atoms with van der Waals surface area (Å²) in [7, 11) is 1.63. The lowest BCUT2D eigenvalue weighted by Crippen LogP contribution is -2.42. The van der Waals surface area contributed by atoms with Gasteiger partial charge in [0.25, 0.3) is 0 Å². The fourth-order valence-electron chi connectivity index (χ4n) is 2.54. The molecule has 0 saturated heterocycles. The van der Waals surface area contributed by atoms with Crippen molar-refractivity contribution in [3.8, 4) is 0 Å². The number of Topliss-reactive ketones (excluding diaryl/α,β-unsaturated/α-hetero) is 1. The first-order valence-electron chi connectivity index (χ1n) is 6.04. The van der Waals surface area contributed by atoms with E-state index < -0.39 is 5.60 Å². The maximum Gasteiger partial charge on any atom is 0.196 e. The van der Waals surface area contributed by atoms with E-state index >= 15 is 0 Å². The second-order valence-corrected chi connectivity index (χ2v) is 4.98. The molecule has 0 radical (unpaired) electrons. The predicted molar refractivity (Wildman–Crippen MR) is 68.6 cm³/mol. The molecule has 0 spiro atoms. The topological polar surface area (TPSA) is 26.3 Å². The van der Waals surface area contributed by atoms with E-state index in [-0.39, 0.29) is 5.78 Å². The van der Waals surface area contributed by atoms with Gasteiger partial charge in [-0.15, -0.1) is 0 Å². The average Bonchev–Trinajstić information content (AvgIpc) is 2.39. The molecule has 2 nitrogen and oxygen atoms in total. The monoisotopic (exact) mass is 252 g/mol. The molecule has 92 valence electrons. The molecule has 1 aliphatic rings. The Bertz CT molecular complexity index is 408. The van der Waals surface area contributed by atoms with Crippen LogP contribution < -0.4 is 0 Å². The molecule has 0 unspecified atom stereocenters. The highest BCUT2D eigenvalue weighted by Crippen LogP contribution is 2.35. The molecule has 1 aromatic carbocycles. The van der Waals surface area contributed by atoms with Gasteiger partial charge < -0.3 is 4.74 Å². The summed E-state index contributed by atoms with van der Waals surface area (Å²) in [6.07, 6.45) is 4.87. The highest BCUT2D eigenvalue weighted by atomic mass is 35.5. The number of hydrogen-bond donors (Lipinski definition) is 0. The van der Waals surface area contributed by atoms with Gasteiger partial charge in [0.2, 0.25) is 0 Å². The van der Waals surface area contributed by atoms with Crippen LogP contribution >= 0.6 is 11.6 Å². The Morgan fingerprint density at radius 1 is 1.24 bits per heavy atom. The van der Waals surface area contributed by atoms with E-state index in [0.29, 0.717) is 10.6 Å². The zero-order valence-electron chi connectivity index (χ0n) is 10.0. The summed E-state index contributed by atoms with van der Waals surface area (Å²) in [6.45, 7) is 0. The third-order valence-electron chi connectivity index (χ3n) is 3.58. The smallest absolute Gasteiger partial charge is 0.196 e. The van der Waals surface area contributed by atoms with E-state index in [1.54, 1.807) is 19.2 Å². The van der Waals surface area contributed by atoms with Crippen molar-refractivity contribution < 1.29 is 9.53 Å². The van der Waals surface area contributed by atoms with Gasteiger partial charge in [0, 0.05) is 12.7 Å². The Morgan fingerprint density at radius 3 is 2.47 bits per heavy atom. The normalized spacial score (nSPS) is 18.9. The first-order valence-corrected chi connectivity index (χ1v) is 6.42. The molecule has 0 aliphatic heterocycles. The molecule has 1 fully saturated rings. The van der Waals surface area contributed by atoms with Crippen LogP contribution in [-0.4, -0.2) is 18.5 Å². The van der Waals surface area contributed by atoms with Crippen LogP contribution in [0.2, 0.25) is 5.02 Å². The average molecular weight is 253 g/mol. The number of rotatable bonds is 3. The molecule has 1 aliphatic carbocycles. The summed E-state index contributed by atoms with van der Waals surface area (Å²) >= 11 is 6.08. The van der Waals surface area contributed by atoms with Crippen LogP contribution in [0.5, 0.6) is 0 Å². The van der Waals surface area contributed by atoms with Crippen LogP contribution in [0.4, 0.5) is 0 Å². The third kappa shape index (κ3) is 2.38. The number of carbonyl (C=O) groups excluding carboxylic acids is 1. The van der Waals surface area contributed by atoms with Crippen molar-refractivity contribution in [2.45, 2.75) is 37.7 Å². The van der Waals surface area contributed by atoms with Gasteiger partial charge in [0.05, 0.1) is 5.02 Å². The largest absolute Gasteiger partial charge is 0.370 e. The molecule has 1 saturated carbocycles. The summed E-state index contributed by atoms with van der Waals surface area (Å²) in [6, 6.07) is 7.20. The van der Waals surface area contributed by atoms with E-state index in [2.05, 4.69) is 0 Å². The number of halogens is 1. The van der Waals surface area contributed by atoms with Crippen molar-refractivity contribution in [2.75, 3.05) is 7.11 Å². The standard InChI is InChI=1S/C14H17ClO2/c1-17-14(9-5-2-6-10-14)13(16)11-7-3-4-8-12(11)15/h3-4,7-8H,2,5-6,9-10H2,1H3. The van der Waals surface area contributed by atoms with Crippen LogP contribution in [0.1, 0.15) is 42.5 Å². The van der Waals surface area contributed by atoms with Gasteiger partial charge in [-0.05, 0) is 25.0 Å². The maximum absolute atomic E-state index is 12.6. The number of ether oxygens (including phenoxy) is 1. The molecule has 0 amide bonds. The Hall–Kier alpha value is -0.860. The summed E-state index contributed by atoms with van der Waals surface area (Å²) in [4.78, 5) is 12.6. The van der Waals surface area contributed by atoms with Gasteiger partial charge in [-0.2, -0.15) is 0 Å². The van der Waals surface area contributed by atoms with Crippen molar-refractivity contribution in [1.82, 2.24) is 0 Å². The summed E-state index contributed by atoms with van der Waals surface area (Å²) in [5, 5.41) is 0.513. The van der Waals surface area contributed by atoms with E-state index in [1.165, 1.54) is 6.42 Å². The van der Waals surface area contributed by atoms with Crippen LogP contribution in [0, 0.1) is 0 Å². The second kappa shape index (κ2) is 5.19. The fraction of sp³-hybridized carbons (Fsp3) is 0.500. The molecule has 3 heteroatoms. The lowest BCUT2D eigenvalue weighted by molar-refractivity contribution is -0.0194. The van der Waals surface area contributed by atoms with Gasteiger partial charge in [0.1, 0.15) is 5.60 Å². The van der Waals surface area contributed by atoms with E-state index in [4.69, 9.17) is 16.3 Å². The van der Waals surface area contributed by atoms with E-state index in [0.717, 1.165) is 25.7 Å². The zero-order valence-corrected chi connectivity index (χ0v) is 10.8. The third-order valence-corrected chi connectivity index (χ3v) is 3.91. The van der Waals surface area contributed by atoms with Gasteiger partial charge in [-0.25, -0.2) is 0 Å². The first-order chi connectivity index (χ1) is 8.19. The molecular weight excluding hydrogens is 236 g/mol. The van der Waals surface area contributed by atoms with Gasteiger partial charge in [-0.3, -0.25) is 4.79 Å². The van der Waals surface area contributed by atoms with Crippen molar-refractivity contribution in [2.24, 2.45) is 0 Å². The minimum atomic E-state index is -0.650. The highest BCUT2D eigenvalue weighted by molar-refractivity contribution is 6.34. The summed E-state index contributed by atoms with van der Waals surface area (Å²) < 4.78 is 5.54. The van der Waals surface area contributed by atoms with Crippen LogP contribution in [0.25, 0.3) is 0 Å². The maximum atomic E-state index is 12.6.